The first-order chi connectivity index (χ1) is 7.76. The topological polar surface area (TPSA) is 3.24 Å². The van der Waals surface area contributed by atoms with Crippen LogP contribution in [0.4, 0.5) is 0 Å². The molecule has 0 aliphatic carbocycles. The second-order valence-corrected chi connectivity index (χ2v) is 5.06. The molecule has 98 valence electrons. The minimum absolute atomic E-state index is 0.776. The Hall–Kier alpha value is -0.0400. The first-order valence-electron chi connectivity index (χ1n) is 7.50. The molecule has 0 radical (unpaired) electrons. The van der Waals surface area contributed by atoms with Gasteiger partial charge in [-0.15, -0.1) is 0 Å². The van der Waals surface area contributed by atoms with Gasteiger partial charge >= 0.3 is 0 Å². The second kappa shape index (κ2) is 11.4. The van der Waals surface area contributed by atoms with Gasteiger partial charge in [-0.2, -0.15) is 0 Å². The Bertz CT molecular complexity index is 133. The van der Waals surface area contributed by atoms with Crippen molar-refractivity contribution in [2.24, 2.45) is 0 Å². The highest BCUT2D eigenvalue weighted by molar-refractivity contribution is 4.66. The molecule has 0 aromatic heterocycles. The maximum atomic E-state index is 2.70. The minimum atomic E-state index is 0.776. The van der Waals surface area contributed by atoms with Gasteiger partial charge < -0.3 is 4.90 Å². The van der Waals surface area contributed by atoms with Crippen LogP contribution >= 0.6 is 0 Å². The average Bonchev–Trinajstić information content (AvgIpc) is 2.31. The maximum absolute atomic E-state index is 2.70. The third-order valence-corrected chi connectivity index (χ3v) is 3.56. The molecule has 0 amide bonds. The lowest BCUT2D eigenvalue weighted by Crippen LogP contribution is -2.34. The second-order valence-electron chi connectivity index (χ2n) is 5.06. The summed E-state index contributed by atoms with van der Waals surface area (Å²) in [6, 6.07) is 0.776. The van der Waals surface area contributed by atoms with Crippen LogP contribution in [0.1, 0.15) is 79.1 Å². The van der Waals surface area contributed by atoms with Gasteiger partial charge in [0.25, 0.3) is 0 Å². The first kappa shape index (κ1) is 16.0. The van der Waals surface area contributed by atoms with Crippen molar-refractivity contribution < 1.29 is 0 Å². The van der Waals surface area contributed by atoms with Gasteiger partial charge in [-0.3, -0.25) is 0 Å². The molecule has 0 saturated heterocycles. The molecule has 0 fully saturated rings. The molecule has 0 spiro atoms. The van der Waals surface area contributed by atoms with Crippen LogP contribution in [0.5, 0.6) is 0 Å². The van der Waals surface area contributed by atoms with E-state index in [1.165, 1.54) is 64.5 Å². The van der Waals surface area contributed by atoms with Crippen molar-refractivity contribution in [1.29, 1.82) is 0 Å². The van der Waals surface area contributed by atoms with E-state index >= 15 is 0 Å². The van der Waals surface area contributed by atoms with Gasteiger partial charge in [0.05, 0.1) is 0 Å². The summed E-state index contributed by atoms with van der Waals surface area (Å²) in [4.78, 5) is 2.70. The van der Waals surface area contributed by atoms with Gasteiger partial charge in [-0.1, -0.05) is 52.9 Å². The first-order valence-corrected chi connectivity index (χ1v) is 7.50. The van der Waals surface area contributed by atoms with Crippen molar-refractivity contribution in [1.82, 2.24) is 4.90 Å². The quantitative estimate of drug-likeness (QED) is 0.456. The van der Waals surface area contributed by atoms with Gasteiger partial charge in [0.1, 0.15) is 0 Å². The molecule has 0 heterocycles. The fraction of sp³-hybridized carbons (Fsp3) is 1.00. The van der Waals surface area contributed by atoms with Crippen molar-refractivity contribution in [3.63, 3.8) is 0 Å². The molecule has 0 saturated carbocycles. The van der Waals surface area contributed by atoms with Gasteiger partial charge in [0.2, 0.25) is 0 Å². The van der Waals surface area contributed by atoms with Crippen LogP contribution in [-0.4, -0.2) is 24.0 Å². The third-order valence-electron chi connectivity index (χ3n) is 3.56. The largest absolute Gasteiger partial charge is 0.301 e. The zero-order valence-electron chi connectivity index (χ0n) is 12.1. The Kier molecular flexibility index (Phi) is 11.4. The molecule has 0 aliphatic heterocycles. The SMILES string of the molecule is CCCCCCN(CCCCC)C(C)CC. The molecule has 0 rings (SSSR count). The van der Waals surface area contributed by atoms with E-state index in [0.29, 0.717) is 0 Å². The van der Waals surface area contributed by atoms with Crippen LogP contribution in [0, 0.1) is 0 Å². The zero-order chi connectivity index (χ0) is 12.2. The minimum Gasteiger partial charge on any atom is -0.301 e. The fourth-order valence-electron chi connectivity index (χ4n) is 2.12. The van der Waals surface area contributed by atoms with Gasteiger partial charge in [0.15, 0.2) is 0 Å². The molecule has 0 aromatic carbocycles. The highest BCUT2D eigenvalue weighted by atomic mass is 15.1. The Balaban J connectivity index is 3.72. The summed E-state index contributed by atoms with van der Waals surface area (Å²) in [7, 11) is 0. The number of nitrogens with zero attached hydrogens (tertiary/aromatic N) is 1. The summed E-state index contributed by atoms with van der Waals surface area (Å²) in [5, 5.41) is 0. The Morgan fingerprint density at radius 1 is 0.750 bits per heavy atom. The van der Waals surface area contributed by atoms with Crippen LogP contribution in [0.25, 0.3) is 0 Å². The van der Waals surface area contributed by atoms with Crippen LogP contribution in [0.3, 0.4) is 0 Å². The molecular formula is C15H33N. The Morgan fingerprint density at radius 2 is 1.25 bits per heavy atom. The summed E-state index contributed by atoms with van der Waals surface area (Å²) < 4.78 is 0. The summed E-state index contributed by atoms with van der Waals surface area (Å²) >= 11 is 0. The van der Waals surface area contributed by atoms with Crippen LogP contribution in [-0.2, 0) is 0 Å². The summed E-state index contributed by atoms with van der Waals surface area (Å²) in [6.45, 7) is 11.9. The van der Waals surface area contributed by atoms with Crippen LogP contribution in [0.2, 0.25) is 0 Å². The van der Waals surface area contributed by atoms with Crippen molar-refractivity contribution in [2.45, 2.75) is 85.1 Å². The van der Waals surface area contributed by atoms with Crippen molar-refractivity contribution in [2.75, 3.05) is 13.1 Å². The molecule has 1 nitrogen and oxygen atoms in total. The van der Waals surface area contributed by atoms with E-state index in [2.05, 4.69) is 32.6 Å². The maximum Gasteiger partial charge on any atom is 0.00643 e. The predicted octanol–water partition coefficient (Wildman–Crippen LogP) is 4.86. The van der Waals surface area contributed by atoms with Gasteiger partial charge in [0, 0.05) is 6.04 Å². The monoisotopic (exact) mass is 227 g/mol. The number of hydrogen-bond donors (Lipinski definition) is 0. The van der Waals surface area contributed by atoms with E-state index in [1.54, 1.807) is 0 Å². The molecule has 0 bridgehead atoms. The van der Waals surface area contributed by atoms with Crippen LogP contribution < -0.4 is 0 Å². The molecule has 1 atom stereocenters. The molecule has 1 unspecified atom stereocenters. The predicted molar refractivity (Wildman–Crippen MR) is 75.0 cm³/mol. The number of unbranched alkanes of at least 4 members (excludes halogenated alkanes) is 5. The van der Waals surface area contributed by atoms with E-state index in [9.17, 15) is 0 Å². The van der Waals surface area contributed by atoms with Gasteiger partial charge in [-0.05, 0) is 39.3 Å². The van der Waals surface area contributed by atoms with E-state index in [0.717, 1.165) is 6.04 Å². The lowest BCUT2D eigenvalue weighted by molar-refractivity contribution is 0.195. The lowest BCUT2D eigenvalue weighted by Gasteiger charge is -2.28. The zero-order valence-corrected chi connectivity index (χ0v) is 12.1. The molecule has 0 N–H and O–H groups in total. The fourth-order valence-corrected chi connectivity index (χ4v) is 2.12. The highest BCUT2D eigenvalue weighted by Gasteiger charge is 2.10. The molecular weight excluding hydrogens is 194 g/mol. The summed E-state index contributed by atoms with van der Waals surface area (Å²) in [5.41, 5.74) is 0. The lowest BCUT2D eigenvalue weighted by atomic mass is 10.1. The average molecular weight is 227 g/mol. The van der Waals surface area contributed by atoms with Crippen molar-refractivity contribution in [3.05, 3.63) is 0 Å². The number of hydrogen-bond acceptors (Lipinski definition) is 1. The molecule has 0 aliphatic rings. The van der Waals surface area contributed by atoms with E-state index in [1.807, 2.05) is 0 Å². The van der Waals surface area contributed by atoms with E-state index < -0.39 is 0 Å². The summed E-state index contributed by atoms with van der Waals surface area (Å²) in [5.74, 6) is 0. The van der Waals surface area contributed by atoms with Gasteiger partial charge in [-0.25, -0.2) is 0 Å². The molecule has 16 heavy (non-hydrogen) atoms. The highest BCUT2D eigenvalue weighted by Crippen LogP contribution is 2.09. The van der Waals surface area contributed by atoms with Crippen molar-refractivity contribution >= 4 is 0 Å². The number of rotatable bonds is 11. The Morgan fingerprint density at radius 3 is 1.75 bits per heavy atom. The smallest absolute Gasteiger partial charge is 0.00643 e. The molecule has 1 heteroatoms. The van der Waals surface area contributed by atoms with E-state index in [4.69, 9.17) is 0 Å². The summed E-state index contributed by atoms with van der Waals surface area (Å²) in [6.07, 6.45) is 11.0. The van der Waals surface area contributed by atoms with Crippen LogP contribution in [0.15, 0.2) is 0 Å². The standard InChI is InChI=1S/C15H33N/c1-5-8-10-12-14-16(15(4)7-3)13-11-9-6-2/h15H,5-14H2,1-4H3. The van der Waals surface area contributed by atoms with Crippen molar-refractivity contribution in [3.8, 4) is 0 Å². The molecule has 0 aromatic rings. The van der Waals surface area contributed by atoms with E-state index in [-0.39, 0.29) is 0 Å². The third kappa shape index (κ3) is 8.15. The normalized spacial score (nSPS) is 13.3. The Labute approximate surface area is 104 Å².